The maximum absolute atomic E-state index is 11.1. The van der Waals surface area contributed by atoms with Crippen molar-refractivity contribution in [3.8, 4) is 0 Å². The van der Waals surface area contributed by atoms with E-state index in [0.717, 1.165) is 19.4 Å². The van der Waals surface area contributed by atoms with Crippen LogP contribution in [0.5, 0.6) is 0 Å². The molecule has 0 radical (unpaired) electrons. The molecular weight excluding hydrogens is 1140 g/mol. The Bertz CT molecular complexity index is 2250. The fourth-order valence-electron chi connectivity index (χ4n) is 7.07. The third-order valence-corrected chi connectivity index (χ3v) is 12.5. The van der Waals surface area contributed by atoms with Crippen LogP contribution < -0.4 is 5.32 Å². The number of methoxy groups -OCH3 is 3. The van der Waals surface area contributed by atoms with Gasteiger partial charge in [0.1, 0.15) is 0 Å². The third-order valence-electron chi connectivity index (χ3n) is 11.3. The van der Waals surface area contributed by atoms with Gasteiger partial charge in [0.25, 0.3) is 0 Å². The molecule has 0 saturated heterocycles. The fourth-order valence-corrected chi connectivity index (χ4v) is 7.93. The van der Waals surface area contributed by atoms with E-state index in [1.807, 2.05) is 67.2 Å². The number of allylic oxidation sites excluding steroid dienone is 2. The smallest absolute Gasteiger partial charge is 0.305 e. The minimum Gasteiger partial charge on any atom is -0.469 e. The van der Waals surface area contributed by atoms with Gasteiger partial charge in [0.2, 0.25) is 11.8 Å². The lowest BCUT2D eigenvalue weighted by Gasteiger charge is -2.19. The highest BCUT2D eigenvalue weighted by atomic mass is 32.2. The van der Waals surface area contributed by atoms with E-state index in [4.69, 9.17) is 9.47 Å². The number of nitrogens with one attached hydrogen (secondary N) is 1. The van der Waals surface area contributed by atoms with Crippen LogP contribution in [0.2, 0.25) is 0 Å². The quantitative estimate of drug-likeness (QED) is 0.160. The molecule has 8 nitrogen and oxygen atoms in total. The van der Waals surface area contributed by atoms with E-state index in [0.29, 0.717) is 57.7 Å². The number of nitrogens with zero attached hydrogens (tertiary/aromatic N) is 1. The number of carbonyl (C=O) groups is 3. The van der Waals surface area contributed by atoms with Gasteiger partial charge in [0.15, 0.2) is 0 Å². The van der Waals surface area contributed by atoms with Gasteiger partial charge in [0.05, 0.1) is 19.3 Å². The second-order valence-electron chi connectivity index (χ2n) is 35.4. The molecule has 0 aromatic heterocycles. The molecule has 0 bridgehead atoms. The van der Waals surface area contributed by atoms with Crippen LogP contribution in [-0.2, 0) is 47.9 Å². The molecule has 0 heterocycles. The molecule has 3 rings (SSSR count). The summed E-state index contributed by atoms with van der Waals surface area (Å²) in [6.45, 7) is 72.1. The number of esters is 1. The summed E-state index contributed by atoms with van der Waals surface area (Å²) in [6, 6.07) is 26.2. The van der Waals surface area contributed by atoms with E-state index in [9.17, 15) is 14.4 Å². The van der Waals surface area contributed by atoms with Crippen LogP contribution >= 0.6 is 11.8 Å². The summed E-state index contributed by atoms with van der Waals surface area (Å²) >= 11 is 1.91. The van der Waals surface area contributed by atoms with Crippen LogP contribution in [-0.4, -0.2) is 89.4 Å². The number of hydrogen-bond acceptors (Lipinski definition) is 7. The van der Waals surface area contributed by atoms with Crippen LogP contribution in [0.25, 0.3) is 0 Å². The second-order valence-corrected chi connectivity index (χ2v) is 36.2. The van der Waals surface area contributed by atoms with Crippen molar-refractivity contribution in [1.82, 2.24) is 10.2 Å². The van der Waals surface area contributed by atoms with Crippen molar-refractivity contribution in [3.63, 3.8) is 0 Å². The molecule has 0 spiro atoms. The Kier molecular flexibility index (Phi) is 55.8. The topological polar surface area (TPSA) is 94.2 Å². The zero-order chi connectivity index (χ0) is 73.6. The van der Waals surface area contributed by atoms with E-state index < -0.39 is 0 Å². The first kappa shape index (κ1) is 101. The molecule has 534 valence electrons. The number of rotatable bonds is 10. The number of ether oxygens (including phenoxy) is 3. The van der Waals surface area contributed by atoms with Gasteiger partial charge < -0.3 is 24.4 Å². The molecular formula is C82H154N2O6S. The molecule has 0 aliphatic heterocycles. The molecule has 0 fully saturated rings. The second kappa shape index (κ2) is 50.5. The van der Waals surface area contributed by atoms with E-state index >= 15 is 0 Å². The Morgan fingerprint density at radius 3 is 1.21 bits per heavy atom. The Hall–Kier alpha value is -3.92. The summed E-state index contributed by atoms with van der Waals surface area (Å²) in [4.78, 5) is 33.8. The first-order valence-electron chi connectivity index (χ1n) is 33.4. The third kappa shape index (κ3) is 94.9. The van der Waals surface area contributed by atoms with E-state index in [2.05, 4.69) is 274 Å². The maximum Gasteiger partial charge on any atom is 0.305 e. The normalized spacial score (nSPS) is 11.6. The van der Waals surface area contributed by atoms with Crippen molar-refractivity contribution < 1.29 is 28.6 Å². The minimum atomic E-state index is -0.125. The number of benzene rings is 3. The van der Waals surface area contributed by atoms with E-state index in [1.54, 1.807) is 40.3 Å². The van der Waals surface area contributed by atoms with Crippen molar-refractivity contribution in [1.29, 1.82) is 0 Å². The highest BCUT2D eigenvalue weighted by Gasteiger charge is 2.18. The van der Waals surface area contributed by atoms with Gasteiger partial charge >= 0.3 is 5.97 Å². The molecule has 0 saturated carbocycles. The molecule has 3 aromatic carbocycles. The molecule has 9 heteroatoms. The number of aryl methyl sites for hydroxylation is 3. The molecule has 0 aliphatic rings. The van der Waals surface area contributed by atoms with Gasteiger partial charge in [-0.25, -0.2) is 0 Å². The zero-order valence-electron chi connectivity index (χ0n) is 67.8. The molecule has 1 N–H and O–H groups in total. The Morgan fingerprint density at radius 1 is 0.538 bits per heavy atom. The van der Waals surface area contributed by atoms with Gasteiger partial charge in [-0.15, -0.1) is 0 Å². The van der Waals surface area contributed by atoms with Crippen LogP contribution in [0.15, 0.2) is 84.9 Å². The van der Waals surface area contributed by atoms with Crippen LogP contribution in [0.1, 0.15) is 267 Å². The number of hydrogen-bond donors (Lipinski definition) is 1. The van der Waals surface area contributed by atoms with Crippen LogP contribution in [0.3, 0.4) is 0 Å². The van der Waals surface area contributed by atoms with Crippen molar-refractivity contribution in [2.75, 3.05) is 61.1 Å². The lowest BCUT2D eigenvalue weighted by Crippen LogP contribution is -2.26. The highest BCUT2D eigenvalue weighted by Crippen LogP contribution is 2.25. The van der Waals surface area contributed by atoms with Gasteiger partial charge in [-0.05, 0) is 158 Å². The van der Waals surface area contributed by atoms with Crippen molar-refractivity contribution >= 4 is 29.5 Å². The average molecular weight is 1300 g/mol. The van der Waals surface area contributed by atoms with Gasteiger partial charge in [-0.3, -0.25) is 14.4 Å². The standard InChI is InChI=1S/3C12H18.C8H17NO.C8H16.C7H15NO.C6H12O2.C6H14O.C6H14S.C5H12O/c1-10-5-7-11(8-6-10)9-12(2,3)4;1-10-6-5-7-11(8-10)9-12(2,3)4;1-10-7-5-6-8-11(10)9-12(2,3)4;1-8(2,3)6-7(10)9(4)5;1-5-6-7-8(2,3)4;1-7(2,3)5-6(9)8-4;1-5(2)4-6(7)8-3;2*1-6(2,3)5-7-4;1-5(2,3)6-4/h3*5-8H,9H2,1-4H3;6H2,1-5H3;5-6H,7H2,1-4H3;5H2,1-4H3,(H,8,9);5H,4H2,1-3H3;2*5H2,1-4H3;1-4H3/b;;;;6-5+;;;;;. The van der Waals surface area contributed by atoms with Gasteiger partial charge in [-0.1, -0.05) is 276 Å². The first-order chi connectivity index (χ1) is 40.6. The summed E-state index contributed by atoms with van der Waals surface area (Å²) in [7, 11) is 10.1. The molecule has 0 aliphatic carbocycles. The largest absolute Gasteiger partial charge is 0.469 e. The van der Waals surface area contributed by atoms with Crippen LogP contribution in [0, 0.1) is 70.0 Å². The number of thioether (sulfide) groups is 1. The number of carbonyl (C=O) groups excluding carboxylic acids is 3. The van der Waals surface area contributed by atoms with E-state index in [1.165, 1.54) is 59.1 Å². The molecule has 2 amide bonds. The number of amides is 2. The summed E-state index contributed by atoms with van der Waals surface area (Å²) in [6.07, 6.45) is 12.9. The van der Waals surface area contributed by atoms with Gasteiger partial charge in [-0.2, -0.15) is 11.8 Å². The highest BCUT2D eigenvalue weighted by molar-refractivity contribution is 7.98. The maximum atomic E-state index is 11.1. The Balaban J connectivity index is -0.000000174. The summed E-state index contributed by atoms with van der Waals surface area (Å²) in [5.74, 6) is 1.85. The van der Waals surface area contributed by atoms with Crippen molar-refractivity contribution in [2.45, 2.75) is 279 Å². The van der Waals surface area contributed by atoms with Crippen molar-refractivity contribution in [2.24, 2.45) is 49.2 Å². The fraction of sp³-hybridized carbons (Fsp3) is 0.720. The van der Waals surface area contributed by atoms with Crippen molar-refractivity contribution in [3.05, 3.63) is 118 Å². The average Bonchev–Trinajstić information content (AvgIpc) is 1.73. The summed E-state index contributed by atoms with van der Waals surface area (Å²) in [5, 5.41) is 2.58. The zero-order valence-corrected chi connectivity index (χ0v) is 68.6. The molecule has 3 aromatic rings. The first-order valence-corrected chi connectivity index (χ1v) is 34.8. The monoisotopic (exact) mass is 1300 g/mol. The predicted molar refractivity (Wildman–Crippen MR) is 410 cm³/mol. The SMILES string of the molecule is C/C=C/CC(C)(C)C.CN(C)C(=O)CC(C)(C)C.CNC(=O)CC(C)(C)C.COC(=O)CC(C)C.COC(C)(C)C.COCC(C)(C)C.CSCC(C)(C)C.Cc1ccc(CC(C)(C)C)cc1.Cc1cccc(CC(C)(C)C)c1.Cc1ccccc1CC(C)(C)C. The summed E-state index contributed by atoms with van der Waals surface area (Å²) in [5.41, 5.74) is 11.2. The Morgan fingerprint density at radius 2 is 0.978 bits per heavy atom. The lowest BCUT2D eigenvalue weighted by molar-refractivity contribution is -0.141. The van der Waals surface area contributed by atoms with Crippen LogP contribution in [0.4, 0.5) is 0 Å². The summed E-state index contributed by atoms with van der Waals surface area (Å²) < 4.78 is 14.3. The lowest BCUT2D eigenvalue weighted by atomic mass is 9.86. The van der Waals surface area contributed by atoms with Gasteiger partial charge in [0, 0.05) is 54.6 Å². The van der Waals surface area contributed by atoms with E-state index in [-0.39, 0.29) is 34.2 Å². The predicted octanol–water partition coefficient (Wildman–Crippen LogP) is 23.1. The molecule has 0 atom stereocenters. The molecule has 91 heavy (non-hydrogen) atoms. The Labute approximate surface area is 573 Å². The molecule has 0 unspecified atom stereocenters. The minimum absolute atomic E-state index is 0.0417.